The summed E-state index contributed by atoms with van der Waals surface area (Å²) in [5.74, 6) is -0.220. The lowest BCUT2D eigenvalue weighted by Crippen LogP contribution is -2.28. The van der Waals surface area contributed by atoms with Gasteiger partial charge in [-0.2, -0.15) is 0 Å². The highest BCUT2D eigenvalue weighted by Crippen LogP contribution is 2.23. The summed E-state index contributed by atoms with van der Waals surface area (Å²) in [4.78, 5) is 12.9. The van der Waals surface area contributed by atoms with E-state index in [1.165, 1.54) is 23.8 Å². The molecule has 0 saturated carbocycles. The first-order valence-corrected chi connectivity index (χ1v) is 8.21. The molecular weight excluding hydrogens is 319 g/mol. The Balaban J connectivity index is 1.59. The number of nitrogens with zero attached hydrogens (tertiary/aromatic N) is 2. The van der Waals surface area contributed by atoms with Gasteiger partial charge in [-0.05, 0) is 35.8 Å². The predicted octanol–water partition coefficient (Wildman–Crippen LogP) is 4.54. The highest BCUT2D eigenvalue weighted by atomic mass is 19.1. The first-order valence-electron chi connectivity index (χ1n) is 8.21. The number of benzene rings is 2. The summed E-state index contributed by atoms with van der Waals surface area (Å²) in [7, 11) is 0. The summed E-state index contributed by atoms with van der Waals surface area (Å²) in [5, 5.41) is 11.0. The van der Waals surface area contributed by atoms with Crippen LogP contribution >= 0.6 is 0 Å². The number of halogens is 1. The van der Waals surface area contributed by atoms with Gasteiger partial charge in [0, 0.05) is 25.7 Å². The lowest BCUT2D eigenvalue weighted by Gasteiger charge is -2.25. The quantitative estimate of drug-likeness (QED) is 0.594. The molecule has 0 spiro atoms. The lowest BCUT2D eigenvalue weighted by atomic mass is 9.99. The molecule has 0 aliphatic carbocycles. The fraction of sp³-hybridized carbons (Fsp3) is 0.200. The number of para-hydroxylation sites is 1. The molecule has 2 aromatic rings. The van der Waals surface area contributed by atoms with Crippen molar-refractivity contribution in [2.24, 2.45) is 0 Å². The Hall–Kier alpha value is -2.79. The van der Waals surface area contributed by atoms with E-state index in [9.17, 15) is 14.5 Å². The molecule has 5 heteroatoms. The van der Waals surface area contributed by atoms with E-state index < -0.39 is 0 Å². The summed E-state index contributed by atoms with van der Waals surface area (Å²) in [6, 6.07) is 13.3. The Morgan fingerprint density at radius 1 is 1.16 bits per heavy atom. The Morgan fingerprint density at radius 2 is 1.92 bits per heavy atom. The fourth-order valence-corrected chi connectivity index (χ4v) is 2.93. The normalized spacial score (nSPS) is 15.3. The second kappa shape index (κ2) is 7.85. The molecular formula is C20H19FN2O2. The first-order chi connectivity index (χ1) is 12.1. The van der Waals surface area contributed by atoms with Crippen LogP contribution in [0.15, 0.2) is 60.7 Å². The van der Waals surface area contributed by atoms with Crippen LogP contribution in [0.3, 0.4) is 0 Å². The Morgan fingerprint density at radius 3 is 2.60 bits per heavy atom. The van der Waals surface area contributed by atoms with E-state index >= 15 is 0 Å². The van der Waals surface area contributed by atoms with Gasteiger partial charge >= 0.3 is 0 Å². The van der Waals surface area contributed by atoms with E-state index in [0.29, 0.717) is 5.56 Å². The molecule has 0 unspecified atom stereocenters. The zero-order valence-electron chi connectivity index (χ0n) is 13.8. The molecule has 4 nitrogen and oxygen atoms in total. The average molecular weight is 338 g/mol. The number of rotatable bonds is 5. The van der Waals surface area contributed by atoms with E-state index in [1.807, 2.05) is 18.2 Å². The van der Waals surface area contributed by atoms with Crippen molar-refractivity contribution in [3.63, 3.8) is 0 Å². The summed E-state index contributed by atoms with van der Waals surface area (Å²) < 4.78 is 13.0. The molecule has 0 amide bonds. The molecule has 3 rings (SSSR count). The van der Waals surface area contributed by atoms with Crippen LogP contribution in [0, 0.1) is 15.9 Å². The third-order valence-corrected chi connectivity index (χ3v) is 4.30. The molecule has 0 atom stereocenters. The second-order valence-corrected chi connectivity index (χ2v) is 5.96. The van der Waals surface area contributed by atoms with Gasteiger partial charge < -0.3 is 0 Å². The maximum Gasteiger partial charge on any atom is 0.276 e. The van der Waals surface area contributed by atoms with Gasteiger partial charge in [0.05, 0.1) is 10.5 Å². The van der Waals surface area contributed by atoms with Gasteiger partial charge in [-0.1, -0.05) is 42.5 Å². The third-order valence-electron chi connectivity index (χ3n) is 4.30. The van der Waals surface area contributed by atoms with E-state index in [-0.39, 0.29) is 16.4 Å². The molecule has 0 aromatic heterocycles. The van der Waals surface area contributed by atoms with Crippen LogP contribution in [0.5, 0.6) is 0 Å². The van der Waals surface area contributed by atoms with Crippen LogP contribution < -0.4 is 0 Å². The van der Waals surface area contributed by atoms with Crippen molar-refractivity contribution >= 4 is 17.3 Å². The topological polar surface area (TPSA) is 46.4 Å². The van der Waals surface area contributed by atoms with Gasteiger partial charge in [0.15, 0.2) is 0 Å². The van der Waals surface area contributed by atoms with E-state index in [2.05, 4.69) is 11.0 Å². The van der Waals surface area contributed by atoms with Gasteiger partial charge in [-0.15, -0.1) is 0 Å². The van der Waals surface area contributed by atoms with Crippen LogP contribution in [0.1, 0.15) is 17.5 Å². The van der Waals surface area contributed by atoms with Crippen LogP contribution in [0.25, 0.3) is 11.6 Å². The van der Waals surface area contributed by atoms with Crippen molar-refractivity contribution in [3.05, 3.63) is 87.7 Å². The maximum atomic E-state index is 13.0. The smallest absolute Gasteiger partial charge is 0.276 e. The predicted molar refractivity (Wildman–Crippen MR) is 97.6 cm³/mol. The molecule has 0 fully saturated rings. The Kier molecular flexibility index (Phi) is 5.36. The maximum absolute atomic E-state index is 13.0. The Labute approximate surface area is 146 Å². The van der Waals surface area contributed by atoms with E-state index in [1.54, 1.807) is 24.3 Å². The summed E-state index contributed by atoms with van der Waals surface area (Å²) in [6.45, 7) is 2.46. The van der Waals surface area contributed by atoms with Gasteiger partial charge in [-0.25, -0.2) is 4.39 Å². The van der Waals surface area contributed by atoms with E-state index in [0.717, 1.165) is 31.6 Å². The zero-order valence-corrected chi connectivity index (χ0v) is 13.8. The molecule has 0 saturated heterocycles. The molecule has 1 heterocycles. The third kappa shape index (κ3) is 4.39. The number of nitro benzene ring substituents is 1. The van der Waals surface area contributed by atoms with Gasteiger partial charge in [0.25, 0.3) is 5.69 Å². The van der Waals surface area contributed by atoms with E-state index in [4.69, 9.17) is 0 Å². The first kappa shape index (κ1) is 17.0. The van der Waals surface area contributed by atoms with Crippen molar-refractivity contribution in [2.75, 3.05) is 19.6 Å². The summed E-state index contributed by atoms with van der Waals surface area (Å²) >= 11 is 0. The largest absolute Gasteiger partial charge is 0.296 e. The van der Waals surface area contributed by atoms with Crippen molar-refractivity contribution in [3.8, 4) is 0 Å². The molecule has 0 radical (unpaired) electrons. The van der Waals surface area contributed by atoms with Crippen molar-refractivity contribution in [1.29, 1.82) is 0 Å². The number of nitro groups is 1. The Bertz CT molecular complexity index is 813. The van der Waals surface area contributed by atoms with Gasteiger partial charge in [-0.3, -0.25) is 15.0 Å². The van der Waals surface area contributed by atoms with Crippen molar-refractivity contribution < 1.29 is 9.31 Å². The molecule has 0 bridgehead atoms. The average Bonchev–Trinajstić information content (AvgIpc) is 2.63. The molecule has 25 heavy (non-hydrogen) atoms. The zero-order chi connectivity index (χ0) is 17.6. The molecule has 1 aliphatic heterocycles. The molecule has 128 valence electrons. The lowest BCUT2D eigenvalue weighted by molar-refractivity contribution is -0.385. The molecule has 0 N–H and O–H groups in total. The monoisotopic (exact) mass is 338 g/mol. The van der Waals surface area contributed by atoms with Crippen molar-refractivity contribution in [1.82, 2.24) is 4.90 Å². The minimum absolute atomic E-state index is 0.121. The SMILES string of the molecule is O=[N+]([O-])c1ccccc1C=CCN1CC=C(c2ccc(F)cc2)CC1. The summed E-state index contributed by atoms with van der Waals surface area (Å²) in [6.07, 6.45) is 6.83. The molecule has 1 aliphatic rings. The molecule has 2 aromatic carbocycles. The number of hydrogen-bond acceptors (Lipinski definition) is 3. The van der Waals surface area contributed by atoms with Gasteiger partial charge in [0.2, 0.25) is 0 Å². The summed E-state index contributed by atoms with van der Waals surface area (Å²) in [5.41, 5.74) is 3.04. The van der Waals surface area contributed by atoms with Crippen LogP contribution in [-0.4, -0.2) is 29.5 Å². The standard InChI is InChI=1S/C20H19FN2O2/c21-19-9-7-16(8-10-19)17-11-14-22(15-12-17)13-3-5-18-4-1-2-6-20(18)23(24)25/h1-11H,12-15H2. The minimum Gasteiger partial charge on any atom is -0.296 e. The highest BCUT2D eigenvalue weighted by molar-refractivity contribution is 5.66. The van der Waals surface area contributed by atoms with Crippen LogP contribution in [0.2, 0.25) is 0 Å². The minimum atomic E-state index is -0.363. The van der Waals surface area contributed by atoms with Crippen LogP contribution in [-0.2, 0) is 0 Å². The van der Waals surface area contributed by atoms with Crippen molar-refractivity contribution in [2.45, 2.75) is 6.42 Å². The highest BCUT2D eigenvalue weighted by Gasteiger charge is 2.12. The van der Waals surface area contributed by atoms with Gasteiger partial charge in [0.1, 0.15) is 5.82 Å². The van der Waals surface area contributed by atoms with Crippen LogP contribution in [0.4, 0.5) is 10.1 Å². The number of hydrogen-bond donors (Lipinski definition) is 0. The second-order valence-electron chi connectivity index (χ2n) is 5.96. The fourth-order valence-electron chi connectivity index (χ4n) is 2.93.